The minimum atomic E-state index is 0.308. The molecule has 0 saturated carbocycles. The first-order chi connectivity index (χ1) is 12.3. The molecule has 4 rings (SSSR count). The number of hydrogen-bond donors (Lipinski definition) is 0. The van der Waals surface area contributed by atoms with Crippen LogP contribution in [0.5, 0.6) is 0 Å². The molecule has 3 aromatic rings. The zero-order chi connectivity index (χ0) is 17.1. The minimum Gasteiger partial charge on any atom is -0.355 e. The molecule has 0 spiro atoms. The Hall–Kier alpha value is -1.98. The highest BCUT2D eigenvalue weighted by Gasteiger charge is 2.26. The summed E-state index contributed by atoms with van der Waals surface area (Å²) >= 11 is 1.69. The van der Waals surface area contributed by atoms with Crippen molar-refractivity contribution in [3.05, 3.63) is 58.9 Å². The molecule has 0 aliphatic carbocycles. The van der Waals surface area contributed by atoms with Gasteiger partial charge in [-0.15, -0.1) is 11.3 Å². The normalized spacial score (nSPS) is 19.0. The number of nitrogens with zero attached hydrogens (tertiary/aromatic N) is 3. The first-order valence-electron chi connectivity index (χ1n) is 8.97. The van der Waals surface area contributed by atoms with Gasteiger partial charge >= 0.3 is 0 Å². The summed E-state index contributed by atoms with van der Waals surface area (Å²) in [5, 5.41) is 6.48. The molecule has 1 aliphatic heterocycles. The van der Waals surface area contributed by atoms with Crippen LogP contribution in [0, 0.1) is 6.92 Å². The smallest absolute Gasteiger partial charge is 0.177 e. The van der Waals surface area contributed by atoms with Crippen molar-refractivity contribution in [2.24, 2.45) is 0 Å². The molecule has 1 fully saturated rings. The second-order valence-electron chi connectivity index (χ2n) is 6.70. The van der Waals surface area contributed by atoms with Crippen LogP contribution < -0.4 is 0 Å². The summed E-state index contributed by atoms with van der Waals surface area (Å²) in [4.78, 5) is 8.34. The number of likely N-dealkylation sites (tertiary alicyclic amines) is 1. The number of pyridine rings is 1. The van der Waals surface area contributed by atoms with E-state index in [0.717, 1.165) is 47.2 Å². The SMILES string of the molecule is Cc1cccc(CN2CCCCC[C@@H]2c2cc(-c3cccs3)on2)n1. The first kappa shape index (κ1) is 16.5. The lowest BCUT2D eigenvalue weighted by molar-refractivity contribution is 0.182. The van der Waals surface area contributed by atoms with E-state index in [2.05, 4.69) is 44.7 Å². The topological polar surface area (TPSA) is 42.2 Å². The molecule has 1 aliphatic rings. The maximum Gasteiger partial charge on any atom is 0.177 e. The van der Waals surface area contributed by atoms with Crippen LogP contribution in [0.4, 0.5) is 0 Å². The molecule has 130 valence electrons. The Labute approximate surface area is 152 Å². The van der Waals surface area contributed by atoms with E-state index in [9.17, 15) is 0 Å². The van der Waals surface area contributed by atoms with E-state index >= 15 is 0 Å². The average Bonchev–Trinajstić information content (AvgIpc) is 3.25. The highest BCUT2D eigenvalue weighted by Crippen LogP contribution is 2.34. The van der Waals surface area contributed by atoms with Crippen LogP contribution in [0.25, 0.3) is 10.6 Å². The van der Waals surface area contributed by atoms with Gasteiger partial charge in [-0.2, -0.15) is 0 Å². The van der Waals surface area contributed by atoms with Gasteiger partial charge < -0.3 is 4.52 Å². The number of hydrogen-bond acceptors (Lipinski definition) is 5. The molecular weight excluding hydrogens is 330 g/mol. The van der Waals surface area contributed by atoms with Gasteiger partial charge in [0.2, 0.25) is 0 Å². The quantitative estimate of drug-likeness (QED) is 0.644. The lowest BCUT2D eigenvalue weighted by atomic mass is 10.1. The zero-order valence-corrected chi connectivity index (χ0v) is 15.3. The second-order valence-corrected chi connectivity index (χ2v) is 7.65. The van der Waals surface area contributed by atoms with Crippen LogP contribution >= 0.6 is 11.3 Å². The number of thiophene rings is 1. The van der Waals surface area contributed by atoms with E-state index in [0.29, 0.717) is 6.04 Å². The van der Waals surface area contributed by atoms with Gasteiger partial charge in [0.05, 0.1) is 16.6 Å². The fourth-order valence-corrected chi connectivity index (χ4v) is 4.24. The molecule has 0 aromatic carbocycles. The van der Waals surface area contributed by atoms with Crippen LogP contribution in [0.3, 0.4) is 0 Å². The molecule has 0 amide bonds. The van der Waals surface area contributed by atoms with E-state index in [4.69, 9.17) is 4.52 Å². The summed E-state index contributed by atoms with van der Waals surface area (Å²) in [6.07, 6.45) is 4.88. The van der Waals surface area contributed by atoms with Crippen molar-refractivity contribution >= 4 is 11.3 Å². The van der Waals surface area contributed by atoms with Crippen molar-refractivity contribution in [1.29, 1.82) is 0 Å². The number of aromatic nitrogens is 2. The van der Waals surface area contributed by atoms with Crippen molar-refractivity contribution in [2.75, 3.05) is 6.54 Å². The fourth-order valence-electron chi connectivity index (χ4n) is 3.57. The van der Waals surface area contributed by atoms with E-state index in [1.165, 1.54) is 19.3 Å². The lowest BCUT2D eigenvalue weighted by Crippen LogP contribution is -2.28. The van der Waals surface area contributed by atoms with Gasteiger partial charge in [0.15, 0.2) is 5.76 Å². The van der Waals surface area contributed by atoms with Crippen molar-refractivity contribution < 1.29 is 4.52 Å². The fraction of sp³-hybridized carbons (Fsp3) is 0.400. The van der Waals surface area contributed by atoms with Crippen molar-refractivity contribution in [3.8, 4) is 10.6 Å². The van der Waals surface area contributed by atoms with Gasteiger partial charge in [-0.05, 0) is 49.9 Å². The molecule has 0 N–H and O–H groups in total. The van der Waals surface area contributed by atoms with E-state index in [-0.39, 0.29) is 0 Å². The van der Waals surface area contributed by atoms with Crippen LogP contribution in [0.2, 0.25) is 0 Å². The molecule has 1 atom stereocenters. The minimum absolute atomic E-state index is 0.308. The van der Waals surface area contributed by atoms with Gasteiger partial charge in [-0.1, -0.05) is 30.1 Å². The molecule has 4 heterocycles. The predicted octanol–water partition coefficient (Wildman–Crippen LogP) is 5.22. The third kappa shape index (κ3) is 3.83. The van der Waals surface area contributed by atoms with Crippen LogP contribution in [-0.2, 0) is 6.54 Å². The van der Waals surface area contributed by atoms with Crippen LogP contribution in [0.15, 0.2) is 46.3 Å². The molecule has 3 aromatic heterocycles. The summed E-state index contributed by atoms with van der Waals surface area (Å²) in [5.74, 6) is 0.878. The Morgan fingerprint density at radius 3 is 3.00 bits per heavy atom. The predicted molar refractivity (Wildman–Crippen MR) is 100 cm³/mol. The standard InChI is InChI=1S/C20H23N3OS/c1-15-7-5-8-16(21-15)14-23-11-4-2-3-9-18(23)17-13-19(24-22-17)20-10-6-12-25-20/h5-8,10,12-13,18H,2-4,9,11,14H2,1H3/t18-/m1/s1. The van der Waals surface area contributed by atoms with E-state index < -0.39 is 0 Å². The molecular formula is C20H23N3OS. The van der Waals surface area contributed by atoms with Crippen molar-refractivity contribution in [2.45, 2.75) is 45.2 Å². The monoisotopic (exact) mass is 353 g/mol. The Kier molecular flexibility index (Phi) is 4.95. The highest BCUT2D eigenvalue weighted by atomic mass is 32.1. The van der Waals surface area contributed by atoms with Crippen LogP contribution in [-0.4, -0.2) is 21.6 Å². The molecule has 25 heavy (non-hydrogen) atoms. The van der Waals surface area contributed by atoms with Crippen LogP contribution in [0.1, 0.15) is 48.8 Å². The molecule has 0 radical (unpaired) electrons. The Morgan fingerprint density at radius 2 is 2.16 bits per heavy atom. The Bertz CT molecular complexity index is 812. The second kappa shape index (κ2) is 7.50. The lowest BCUT2D eigenvalue weighted by Gasteiger charge is -2.28. The summed E-state index contributed by atoms with van der Waals surface area (Å²) in [6.45, 7) is 4.00. The third-order valence-corrected chi connectivity index (χ3v) is 5.69. The largest absolute Gasteiger partial charge is 0.355 e. The summed E-state index contributed by atoms with van der Waals surface area (Å²) in [7, 11) is 0. The summed E-state index contributed by atoms with van der Waals surface area (Å²) in [6, 6.07) is 12.8. The average molecular weight is 353 g/mol. The van der Waals surface area contributed by atoms with Gasteiger partial charge in [0.25, 0.3) is 0 Å². The van der Waals surface area contributed by atoms with Gasteiger partial charge in [0, 0.05) is 18.3 Å². The third-order valence-electron chi connectivity index (χ3n) is 4.81. The van der Waals surface area contributed by atoms with Crippen molar-refractivity contribution in [1.82, 2.24) is 15.0 Å². The maximum absolute atomic E-state index is 5.64. The number of rotatable bonds is 4. The molecule has 5 heteroatoms. The van der Waals surface area contributed by atoms with Gasteiger partial charge in [-0.25, -0.2) is 0 Å². The first-order valence-corrected chi connectivity index (χ1v) is 9.84. The molecule has 1 saturated heterocycles. The van der Waals surface area contributed by atoms with E-state index in [1.54, 1.807) is 11.3 Å². The summed E-state index contributed by atoms with van der Waals surface area (Å²) < 4.78 is 5.64. The Morgan fingerprint density at radius 1 is 1.20 bits per heavy atom. The molecule has 0 bridgehead atoms. The maximum atomic E-state index is 5.64. The van der Waals surface area contributed by atoms with Gasteiger partial charge in [0.1, 0.15) is 5.69 Å². The van der Waals surface area contributed by atoms with Gasteiger partial charge in [-0.3, -0.25) is 9.88 Å². The number of aryl methyl sites for hydroxylation is 1. The summed E-state index contributed by atoms with van der Waals surface area (Å²) in [5.41, 5.74) is 3.26. The van der Waals surface area contributed by atoms with E-state index in [1.807, 2.05) is 19.1 Å². The van der Waals surface area contributed by atoms with Crippen molar-refractivity contribution in [3.63, 3.8) is 0 Å². The molecule has 0 unspecified atom stereocenters. The zero-order valence-electron chi connectivity index (χ0n) is 14.5. The Balaban J connectivity index is 1.58. The highest BCUT2D eigenvalue weighted by molar-refractivity contribution is 7.13. The molecule has 4 nitrogen and oxygen atoms in total.